The van der Waals surface area contributed by atoms with Gasteiger partial charge in [0.15, 0.2) is 0 Å². The summed E-state index contributed by atoms with van der Waals surface area (Å²) in [5.74, 6) is 0. The third kappa shape index (κ3) is 12.4. The molecule has 0 radical (unpaired) electrons. The van der Waals surface area contributed by atoms with Crippen molar-refractivity contribution < 1.29 is 136 Å². The first kappa shape index (κ1) is 51.9. The van der Waals surface area contributed by atoms with E-state index in [-0.39, 0.29) is 69.6 Å². The van der Waals surface area contributed by atoms with Crippen LogP contribution < -0.4 is 0 Å². The summed E-state index contributed by atoms with van der Waals surface area (Å²) < 4.78 is 206. The second-order valence-electron chi connectivity index (χ2n) is 9.31. The standard InChI is InChI=1S/2C12H10O9S4.3Zn/c2*13-23(14,15)9-6-8(22)10(7-4-2-1-3-5-7)12(25(19,20)21)11(9)24(16,17)18;;;/h2*1-6,22H,(H,13,14,15)(H,16,17,18)(H,19,20,21);;;/q;;3*+2/p-6. The van der Waals surface area contributed by atoms with E-state index < -0.39 is 111 Å². The minimum absolute atomic E-state index is 0. The Labute approximate surface area is 352 Å². The van der Waals surface area contributed by atoms with Gasteiger partial charge in [-0.05, 0) is 23.3 Å². The van der Waals surface area contributed by atoms with Gasteiger partial charge in [0, 0.05) is 20.9 Å². The molecular formula is C24H14O18S8Zn3. The summed E-state index contributed by atoms with van der Waals surface area (Å²) in [6.45, 7) is 0. The molecule has 0 bridgehead atoms. The molecule has 29 heteroatoms. The SMILES string of the molecule is O=S(=O)([O-])c1cc(S)c(-c2ccccc2)c(S(=O)(=O)[O-])c1S(=O)(=O)[O-].O=S(=O)([O-])c1cc(S)c(-c2ccccc2)c(S(=O)(=O)[O-])c1S(=O)(=O)[O-].[Zn+2].[Zn+2].[Zn+2]. The minimum Gasteiger partial charge on any atom is -0.744 e. The van der Waals surface area contributed by atoms with Crippen LogP contribution in [-0.4, -0.2) is 77.8 Å². The molecule has 0 fully saturated rings. The fourth-order valence-electron chi connectivity index (χ4n) is 4.30. The predicted molar refractivity (Wildman–Crippen MR) is 166 cm³/mol. The van der Waals surface area contributed by atoms with E-state index in [1.165, 1.54) is 60.7 Å². The van der Waals surface area contributed by atoms with Crippen LogP contribution in [0.15, 0.2) is 112 Å². The van der Waals surface area contributed by atoms with Crippen LogP contribution in [-0.2, 0) is 119 Å². The molecule has 0 saturated heterocycles. The fraction of sp³-hybridized carbons (Fsp3) is 0. The van der Waals surface area contributed by atoms with E-state index in [1.54, 1.807) is 0 Å². The van der Waals surface area contributed by atoms with Crippen molar-refractivity contribution in [2.45, 2.75) is 39.2 Å². The van der Waals surface area contributed by atoms with Crippen molar-refractivity contribution in [2.75, 3.05) is 0 Å². The first-order valence-corrected chi connectivity index (χ1v) is 21.5. The minimum atomic E-state index is -5.82. The van der Waals surface area contributed by atoms with Crippen LogP contribution in [0.5, 0.6) is 0 Å². The first-order valence-electron chi connectivity index (χ1n) is 12.1. The number of thiol groups is 2. The summed E-state index contributed by atoms with van der Waals surface area (Å²) in [5.41, 5.74) is -1.25. The van der Waals surface area contributed by atoms with Crippen molar-refractivity contribution in [3.05, 3.63) is 72.8 Å². The molecule has 18 nitrogen and oxygen atoms in total. The van der Waals surface area contributed by atoms with Crippen molar-refractivity contribution in [1.82, 2.24) is 0 Å². The Kier molecular flexibility index (Phi) is 18.1. The molecule has 0 N–H and O–H groups in total. The van der Waals surface area contributed by atoms with Crippen LogP contribution in [0.2, 0.25) is 0 Å². The Morgan fingerprint density at radius 3 is 0.774 bits per heavy atom. The van der Waals surface area contributed by atoms with Gasteiger partial charge in [0.05, 0.1) is 29.4 Å². The zero-order chi connectivity index (χ0) is 38.4. The zero-order valence-corrected chi connectivity index (χ0v) is 41.3. The van der Waals surface area contributed by atoms with Gasteiger partial charge in [0.25, 0.3) is 0 Å². The summed E-state index contributed by atoms with van der Waals surface area (Å²) in [7, 11) is -34.2. The molecule has 0 saturated carbocycles. The van der Waals surface area contributed by atoms with E-state index in [1.807, 2.05) is 0 Å². The van der Waals surface area contributed by atoms with Crippen LogP contribution in [0.25, 0.3) is 22.3 Å². The Bertz CT molecular complexity index is 2500. The maximum Gasteiger partial charge on any atom is 2.00 e. The molecule has 53 heavy (non-hydrogen) atoms. The average molecular weight is 1040 g/mol. The summed E-state index contributed by atoms with van der Waals surface area (Å²) in [6, 6.07) is 14.6. The second-order valence-corrected chi connectivity index (χ2v) is 18.2. The molecule has 272 valence electrons. The fourth-order valence-corrected chi connectivity index (χ4v) is 12.0. The third-order valence-electron chi connectivity index (χ3n) is 6.03. The van der Waals surface area contributed by atoms with E-state index in [9.17, 15) is 77.8 Å². The van der Waals surface area contributed by atoms with Gasteiger partial charge >= 0.3 is 58.4 Å². The summed E-state index contributed by atoms with van der Waals surface area (Å²) in [5, 5.41) is 0. The van der Waals surface area contributed by atoms with E-state index in [4.69, 9.17) is 0 Å². The van der Waals surface area contributed by atoms with Gasteiger partial charge in [-0.3, -0.25) is 0 Å². The maximum atomic E-state index is 11.6. The Morgan fingerprint density at radius 1 is 0.358 bits per heavy atom. The largest absolute Gasteiger partial charge is 2.00 e. The van der Waals surface area contributed by atoms with Crippen molar-refractivity contribution >= 4 is 86.0 Å². The summed E-state index contributed by atoms with van der Waals surface area (Å²) in [4.78, 5) is -11.3. The molecule has 0 atom stereocenters. The Hall–Kier alpha value is -1.09. The van der Waals surface area contributed by atoms with Crippen LogP contribution in [0, 0.1) is 0 Å². The molecule has 0 aromatic heterocycles. The monoisotopic (exact) mass is 1040 g/mol. The maximum absolute atomic E-state index is 11.6. The Morgan fingerprint density at radius 2 is 0.585 bits per heavy atom. The molecule has 4 aromatic rings. The Balaban J connectivity index is 0.000000966. The predicted octanol–water partition coefficient (Wildman–Crippen LogP) is 0.702. The van der Waals surface area contributed by atoms with Crippen LogP contribution in [0.4, 0.5) is 0 Å². The number of hydrogen-bond donors (Lipinski definition) is 2. The molecule has 0 aliphatic carbocycles. The molecule has 0 aliphatic rings. The molecule has 4 rings (SSSR count). The quantitative estimate of drug-likeness (QED) is 0.139. The van der Waals surface area contributed by atoms with Crippen molar-refractivity contribution in [1.29, 1.82) is 0 Å². The summed E-state index contributed by atoms with van der Waals surface area (Å²) in [6.07, 6.45) is 0. The van der Waals surface area contributed by atoms with Gasteiger partial charge in [0.2, 0.25) is 0 Å². The number of benzene rings is 4. The second kappa shape index (κ2) is 18.4. The van der Waals surface area contributed by atoms with Gasteiger partial charge in [-0.2, -0.15) is 0 Å². The van der Waals surface area contributed by atoms with Gasteiger partial charge < -0.3 is 27.3 Å². The van der Waals surface area contributed by atoms with E-state index in [0.717, 1.165) is 0 Å². The molecular weight excluding hydrogens is 1030 g/mol. The zero-order valence-electron chi connectivity index (χ0n) is 25.7. The van der Waals surface area contributed by atoms with Gasteiger partial charge in [-0.15, -0.1) is 25.3 Å². The van der Waals surface area contributed by atoms with E-state index in [0.29, 0.717) is 12.1 Å². The number of hydrogen-bond acceptors (Lipinski definition) is 20. The third-order valence-corrected chi connectivity index (χ3v) is 12.6. The van der Waals surface area contributed by atoms with Crippen molar-refractivity contribution in [3.63, 3.8) is 0 Å². The molecule has 0 heterocycles. The average Bonchev–Trinajstić information content (AvgIpc) is 2.94. The molecule has 0 aliphatic heterocycles. The summed E-state index contributed by atoms with van der Waals surface area (Å²) >= 11 is 7.70. The van der Waals surface area contributed by atoms with Gasteiger partial charge in [-0.1, -0.05) is 60.7 Å². The van der Waals surface area contributed by atoms with Crippen LogP contribution >= 0.6 is 25.3 Å². The topological polar surface area (TPSA) is 343 Å². The van der Waals surface area contributed by atoms with E-state index in [2.05, 4.69) is 25.3 Å². The normalized spacial score (nSPS) is 12.2. The van der Waals surface area contributed by atoms with Gasteiger partial charge in [-0.25, -0.2) is 50.5 Å². The van der Waals surface area contributed by atoms with Crippen LogP contribution in [0.1, 0.15) is 0 Å². The first-order chi connectivity index (χ1) is 22.5. The van der Waals surface area contributed by atoms with E-state index >= 15 is 0 Å². The molecule has 0 unspecified atom stereocenters. The smallest absolute Gasteiger partial charge is 0.744 e. The number of rotatable bonds is 8. The van der Waals surface area contributed by atoms with Gasteiger partial charge in [0.1, 0.15) is 60.7 Å². The molecule has 0 amide bonds. The van der Waals surface area contributed by atoms with Crippen LogP contribution in [0.3, 0.4) is 0 Å². The molecule has 0 spiro atoms. The molecule has 4 aromatic carbocycles. The van der Waals surface area contributed by atoms with Crippen molar-refractivity contribution in [3.8, 4) is 22.3 Å². The van der Waals surface area contributed by atoms with Crippen molar-refractivity contribution in [2.24, 2.45) is 0 Å².